The molecule has 0 fully saturated rings. The standard InChI is InChI=1S/C29H31BrFNO5S/c1-5-38-11-10-37-29(34)26-16(2)32-22-13-19(17-7-9-24(35-3)25(15-17)36-4)14-23(33)28(22)27(26)18-6-8-21(31)20(30)12-18/h6-9,12,15,19,27,32H,5,10-11,13-14H2,1-4H3/t19-,27-/m0/s1. The van der Waals surface area contributed by atoms with Crippen LogP contribution in [0.1, 0.15) is 49.7 Å². The van der Waals surface area contributed by atoms with Gasteiger partial charge in [-0.2, -0.15) is 11.8 Å². The van der Waals surface area contributed by atoms with Crippen LogP contribution in [-0.4, -0.2) is 44.1 Å². The van der Waals surface area contributed by atoms with Gasteiger partial charge in [-0.25, -0.2) is 9.18 Å². The first kappa shape index (κ1) is 28.2. The molecule has 0 saturated heterocycles. The van der Waals surface area contributed by atoms with Gasteiger partial charge in [-0.3, -0.25) is 4.79 Å². The Bertz CT molecular complexity index is 1310. The Balaban J connectivity index is 1.73. The van der Waals surface area contributed by atoms with Gasteiger partial charge in [0.2, 0.25) is 0 Å². The molecule has 38 heavy (non-hydrogen) atoms. The minimum atomic E-state index is -0.659. The summed E-state index contributed by atoms with van der Waals surface area (Å²) in [5, 5.41) is 3.35. The normalized spacial score (nSPS) is 19.2. The van der Waals surface area contributed by atoms with Gasteiger partial charge in [-0.05, 0) is 76.3 Å². The number of dihydropyridines is 1. The van der Waals surface area contributed by atoms with E-state index in [0.29, 0.717) is 46.1 Å². The number of esters is 1. The molecule has 0 aromatic heterocycles. The van der Waals surface area contributed by atoms with Crippen LogP contribution in [0.25, 0.3) is 0 Å². The van der Waals surface area contributed by atoms with Crippen molar-refractivity contribution in [3.05, 3.63) is 80.4 Å². The van der Waals surface area contributed by atoms with Gasteiger partial charge in [0.1, 0.15) is 12.4 Å². The number of hydrogen-bond donors (Lipinski definition) is 1. The first-order chi connectivity index (χ1) is 18.3. The number of thioether (sulfide) groups is 1. The minimum absolute atomic E-state index is 0.0664. The molecular weight excluding hydrogens is 573 g/mol. The lowest BCUT2D eigenvalue weighted by atomic mass is 9.71. The van der Waals surface area contributed by atoms with Crippen molar-refractivity contribution in [2.75, 3.05) is 32.3 Å². The SMILES string of the molecule is CCSCCOC(=O)C1=C(C)NC2=C(C(=O)C[C@@H](c3ccc(OC)c(OC)c3)C2)[C@H]1c1ccc(F)c(Br)c1. The Hall–Kier alpha value is -2.78. The molecule has 2 aromatic rings. The minimum Gasteiger partial charge on any atom is -0.493 e. The molecular formula is C29H31BrFNO5S. The van der Waals surface area contributed by atoms with Crippen LogP contribution in [0.4, 0.5) is 4.39 Å². The number of carbonyl (C=O) groups excluding carboxylic acids is 2. The second kappa shape index (κ2) is 12.4. The Morgan fingerprint density at radius 1 is 1.11 bits per heavy atom. The van der Waals surface area contributed by atoms with Crippen LogP contribution in [0.5, 0.6) is 11.5 Å². The number of carbonyl (C=O) groups is 2. The molecule has 2 atom stereocenters. The maximum Gasteiger partial charge on any atom is 0.336 e. The van der Waals surface area contributed by atoms with E-state index in [9.17, 15) is 14.0 Å². The van der Waals surface area contributed by atoms with Crippen molar-refractivity contribution < 1.29 is 28.2 Å². The number of allylic oxidation sites excluding steroid dienone is 3. The molecule has 0 spiro atoms. The summed E-state index contributed by atoms with van der Waals surface area (Å²) in [5.74, 6) is 1.15. The van der Waals surface area contributed by atoms with E-state index in [4.69, 9.17) is 14.2 Å². The van der Waals surface area contributed by atoms with Crippen molar-refractivity contribution in [1.29, 1.82) is 0 Å². The maximum absolute atomic E-state index is 14.1. The van der Waals surface area contributed by atoms with Gasteiger partial charge >= 0.3 is 5.97 Å². The molecule has 9 heteroatoms. The topological polar surface area (TPSA) is 73.9 Å². The first-order valence-electron chi connectivity index (χ1n) is 12.4. The highest BCUT2D eigenvalue weighted by Crippen LogP contribution is 2.47. The van der Waals surface area contributed by atoms with E-state index in [2.05, 4.69) is 21.2 Å². The van der Waals surface area contributed by atoms with Crippen LogP contribution >= 0.6 is 27.7 Å². The largest absolute Gasteiger partial charge is 0.493 e. The molecule has 1 N–H and O–H groups in total. The van der Waals surface area contributed by atoms with Crippen molar-refractivity contribution in [1.82, 2.24) is 5.32 Å². The van der Waals surface area contributed by atoms with Crippen LogP contribution in [0.15, 0.2) is 63.4 Å². The van der Waals surface area contributed by atoms with E-state index in [1.54, 1.807) is 38.1 Å². The van der Waals surface area contributed by atoms with Gasteiger partial charge in [0.15, 0.2) is 17.3 Å². The fourth-order valence-electron chi connectivity index (χ4n) is 5.09. The van der Waals surface area contributed by atoms with Crippen LogP contribution in [0.3, 0.4) is 0 Å². The predicted molar refractivity (Wildman–Crippen MR) is 150 cm³/mol. The molecule has 2 aliphatic rings. The molecule has 0 saturated carbocycles. The van der Waals surface area contributed by atoms with Crippen molar-refractivity contribution in [2.24, 2.45) is 0 Å². The molecule has 6 nitrogen and oxygen atoms in total. The van der Waals surface area contributed by atoms with Crippen LogP contribution in [-0.2, 0) is 14.3 Å². The molecule has 4 rings (SSSR count). The zero-order valence-electron chi connectivity index (χ0n) is 21.9. The zero-order chi connectivity index (χ0) is 27.4. The monoisotopic (exact) mass is 603 g/mol. The van der Waals surface area contributed by atoms with Gasteiger partial charge in [-0.1, -0.05) is 19.1 Å². The molecule has 1 heterocycles. The number of methoxy groups -OCH3 is 2. The van der Waals surface area contributed by atoms with Crippen molar-refractivity contribution in [3.63, 3.8) is 0 Å². The Morgan fingerprint density at radius 3 is 2.53 bits per heavy atom. The van der Waals surface area contributed by atoms with Crippen molar-refractivity contribution >= 4 is 39.4 Å². The van der Waals surface area contributed by atoms with Crippen molar-refractivity contribution in [2.45, 2.75) is 38.5 Å². The fraction of sp³-hybridized carbons (Fsp3) is 0.379. The number of hydrogen-bond acceptors (Lipinski definition) is 7. The smallest absolute Gasteiger partial charge is 0.336 e. The highest BCUT2D eigenvalue weighted by molar-refractivity contribution is 9.10. The van der Waals surface area contributed by atoms with E-state index >= 15 is 0 Å². The third-order valence-electron chi connectivity index (χ3n) is 6.87. The predicted octanol–water partition coefficient (Wildman–Crippen LogP) is 6.26. The highest BCUT2D eigenvalue weighted by atomic mass is 79.9. The second-order valence-electron chi connectivity index (χ2n) is 9.14. The van der Waals surface area contributed by atoms with Gasteiger partial charge in [0, 0.05) is 35.1 Å². The number of Topliss-reactive ketones (excluding diaryl/α,β-unsaturated/α-hetero) is 1. The van der Waals surface area contributed by atoms with Gasteiger partial charge in [0.05, 0.1) is 24.3 Å². The Kier molecular flexibility index (Phi) is 9.20. The summed E-state index contributed by atoms with van der Waals surface area (Å²) in [4.78, 5) is 27.1. The second-order valence-corrected chi connectivity index (χ2v) is 11.4. The average molecular weight is 605 g/mol. The van der Waals surface area contributed by atoms with Crippen LogP contribution in [0, 0.1) is 5.82 Å². The van der Waals surface area contributed by atoms with Crippen LogP contribution < -0.4 is 14.8 Å². The molecule has 0 amide bonds. The van der Waals surface area contributed by atoms with E-state index < -0.39 is 17.7 Å². The van der Waals surface area contributed by atoms with E-state index in [1.807, 2.05) is 32.0 Å². The summed E-state index contributed by atoms with van der Waals surface area (Å²) in [6, 6.07) is 10.3. The van der Waals surface area contributed by atoms with Gasteiger partial charge in [-0.15, -0.1) is 0 Å². The summed E-state index contributed by atoms with van der Waals surface area (Å²) < 4.78 is 30.8. The highest BCUT2D eigenvalue weighted by Gasteiger charge is 2.41. The average Bonchev–Trinajstić information content (AvgIpc) is 2.91. The molecule has 0 bridgehead atoms. The number of nitrogens with one attached hydrogen (secondary N) is 1. The Morgan fingerprint density at radius 2 is 1.84 bits per heavy atom. The molecule has 1 aliphatic carbocycles. The molecule has 1 aliphatic heterocycles. The van der Waals surface area contributed by atoms with E-state index in [1.165, 1.54) is 6.07 Å². The number of benzene rings is 2. The van der Waals surface area contributed by atoms with Crippen molar-refractivity contribution in [3.8, 4) is 11.5 Å². The van der Waals surface area contributed by atoms with Crippen LogP contribution in [0.2, 0.25) is 0 Å². The van der Waals surface area contributed by atoms with E-state index in [-0.39, 0.29) is 29.2 Å². The molecule has 0 unspecified atom stereocenters. The molecule has 202 valence electrons. The molecule has 0 radical (unpaired) electrons. The van der Waals surface area contributed by atoms with E-state index in [0.717, 1.165) is 17.0 Å². The number of rotatable bonds is 9. The quantitative estimate of drug-likeness (QED) is 0.268. The van der Waals surface area contributed by atoms with Gasteiger partial charge in [0.25, 0.3) is 0 Å². The lowest BCUT2D eigenvalue weighted by Gasteiger charge is -2.37. The lowest BCUT2D eigenvalue weighted by molar-refractivity contribution is -0.138. The maximum atomic E-state index is 14.1. The Labute approximate surface area is 235 Å². The zero-order valence-corrected chi connectivity index (χ0v) is 24.3. The van der Waals surface area contributed by atoms with Gasteiger partial charge < -0.3 is 19.5 Å². The number of ether oxygens (including phenoxy) is 3. The first-order valence-corrected chi connectivity index (χ1v) is 14.4. The summed E-state index contributed by atoms with van der Waals surface area (Å²) in [5.41, 5.74) is 3.91. The third kappa shape index (κ3) is 5.78. The summed E-state index contributed by atoms with van der Waals surface area (Å²) >= 11 is 4.95. The lowest BCUT2D eigenvalue weighted by Crippen LogP contribution is -2.36. The summed E-state index contributed by atoms with van der Waals surface area (Å²) in [7, 11) is 3.16. The fourth-order valence-corrected chi connectivity index (χ4v) is 5.98. The number of halogens is 2. The third-order valence-corrected chi connectivity index (χ3v) is 8.34. The summed E-state index contributed by atoms with van der Waals surface area (Å²) in [6.07, 6.45) is 0.839. The summed E-state index contributed by atoms with van der Waals surface area (Å²) in [6.45, 7) is 4.14. The molecule has 2 aromatic carbocycles. The number of ketones is 1.